The van der Waals surface area contributed by atoms with Gasteiger partial charge in [-0.3, -0.25) is 0 Å². The molecule has 0 spiro atoms. The van der Waals surface area contributed by atoms with Crippen LogP contribution in [0, 0.1) is 0 Å². The van der Waals surface area contributed by atoms with Gasteiger partial charge in [0.15, 0.2) is 6.04 Å². The highest BCUT2D eigenvalue weighted by Crippen LogP contribution is 2.11. The van der Waals surface area contributed by atoms with Crippen LogP contribution in [0.15, 0.2) is 41.7 Å². The van der Waals surface area contributed by atoms with E-state index >= 15 is 0 Å². The molecule has 4 heteroatoms. The molecule has 0 aromatic heterocycles. The molecule has 2 rings (SSSR count). The molecule has 2 aliphatic heterocycles. The van der Waals surface area contributed by atoms with Crippen LogP contribution in [-0.2, 0) is 4.79 Å². The highest BCUT2D eigenvalue weighted by atomic mass is 16.4. The van der Waals surface area contributed by atoms with Crippen LogP contribution in [0.3, 0.4) is 0 Å². The molecule has 0 saturated carbocycles. The van der Waals surface area contributed by atoms with Crippen molar-refractivity contribution in [2.75, 3.05) is 0 Å². The zero-order valence-corrected chi connectivity index (χ0v) is 6.79. The van der Waals surface area contributed by atoms with E-state index < -0.39 is 12.0 Å². The van der Waals surface area contributed by atoms with Gasteiger partial charge < -0.3 is 10.0 Å². The number of hydrogen-bond donors (Lipinski definition) is 1. The second-order valence-electron chi connectivity index (χ2n) is 2.72. The van der Waals surface area contributed by atoms with Gasteiger partial charge in [-0.25, -0.2) is 9.79 Å². The number of carboxylic acid groups (broad SMARTS) is 1. The van der Waals surface area contributed by atoms with Crippen LogP contribution >= 0.6 is 0 Å². The minimum atomic E-state index is -0.925. The maximum absolute atomic E-state index is 10.6. The van der Waals surface area contributed by atoms with E-state index in [1.54, 1.807) is 23.3 Å². The molecule has 1 atom stereocenters. The number of rotatable bonds is 1. The third-order valence-electron chi connectivity index (χ3n) is 1.82. The first-order valence-electron chi connectivity index (χ1n) is 3.89. The van der Waals surface area contributed by atoms with Crippen LogP contribution in [0.1, 0.15) is 0 Å². The average Bonchev–Trinajstić information content (AvgIpc) is 2.17. The Kier molecular flexibility index (Phi) is 1.73. The van der Waals surface area contributed by atoms with Crippen molar-refractivity contribution in [1.82, 2.24) is 4.90 Å². The second kappa shape index (κ2) is 2.90. The standard InChI is InChI=1S/C9H8N2O2/c12-9(13)7-4-6-11-5-2-1-3-8(11)10-7/h1-7H,(H,12,13). The zero-order valence-electron chi connectivity index (χ0n) is 6.79. The van der Waals surface area contributed by atoms with Gasteiger partial charge in [0, 0.05) is 12.4 Å². The van der Waals surface area contributed by atoms with Gasteiger partial charge in [-0.1, -0.05) is 6.08 Å². The lowest BCUT2D eigenvalue weighted by Gasteiger charge is -2.22. The maximum atomic E-state index is 10.6. The van der Waals surface area contributed by atoms with Crippen molar-refractivity contribution in [3.63, 3.8) is 0 Å². The Hall–Kier alpha value is -1.84. The van der Waals surface area contributed by atoms with E-state index in [0.29, 0.717) is 5.84 Å². The number of aliphatic imine (C=N–C) groups is 1. The average molecular weight is 176 g/mol. The first kappa shape index (κ1) is 7.79. The predicted molar refractivity (Wildman–Crippen MR) is 48.1 cm³/mol. The minimum absolute atomic E-state index is 0.664. The molecule has 1 N–H and O–H groups in total. The van der Waals surface area contributed by atoms with Gasteiger partial charge in [0.05, 0.1) is 0 Å². The highest BCUT2D eigenvalue weighted by molar-refractivity contribution is 5.98. The summed E-state index contributed by atoms with van der Waals surface area (Å²) in [4.78, 5) is 16.4. The van der Waals surface area contributed by atoms with Gasteiger partial charge in [0.2, 0.25) is 0 Å². The molecule has 1 unspecified atom stereocenters. The summed E-state index contributed by atoms with van der Waals surface area (Å²) in [5.41, 5.74) is 0. The number of fused-ring (bicyclic) bond motifs is 1. The molecule has 0 amide bonds. The Morgan fingerprint density at radius 3 is 3.08 bits per heavy atom. The van der Waals surface area contributed by atoms with Crippen molar-refractivity contribution >= 4 is 11.8 Å². The zero-order chi connectivity index (χ0) is 9.26. The lowest BCUT2D eigenvalue weighted by molar-refractivity contribution is -0.137. The van der Waals surface area contributed by atoms with Gasteiger partial charge in [-0.2, -0.15) is 0 Å². The van der Waals surface area contributed by atoms with E-state index in [4.69, 9.17) is 5.11 Å². The van der Waals surface area contributed by atoms with Crippen molar-refractivity contribution in [2.45, 2.75) is 6.04 Å². The summed E-state index contributed by atoms with van der Waals surface area (Å²) in [5, 5.41) is 8.71. The normalized spacial score (nSPS) is 24.2. The molecular weight excluding hydrogens is 168 g/mol. The van der Waals surface area contributed by atoms with Gasteiger partial charge >= 0.3 is 5.97 Å². The van der Waals surface area contributed by atoms with Crippen LogP contribution in [0.4, 0.5) is 0 Å². The van der Waals surface area contributed by atoms with E-state index in [9.17, 15) is 4.79 Å². The van der Waals surface area contributed by atoms with Crippen molar-refractivity contribution in [3.8, 4) is 0 Å². The molecule has 66 valence electrons. The minimum Gasteiger partial charge on any atom is -0.479 e. The predicted octanol–water partition coefficient (Wildman–Crippen LogP) is 0.751. The van der Waals surface area contributed by atoms with Gasteiger partial charge in [0.25, 0.3) is 0 Å². The molecular formula is C9H8N2O2. The molecule has 0 aliphatic carbocycles. The molecule has 2 aliphatic rings. The number of hydrogen-bond acceptors (Lipinski definition) is 3. The fourth-order valence-corrected chi connectivity index (χ4v) is 1.18. The topological polar surface area (TPSA) is 52.9 Å². The van der Waals surface area contributed by atoms with Gasteiger partial charge in [-0.05, 0) is 18.2 Å². The maximum Gasteiger partial charge on any atom is 0.332 e. The quantitative estimate of drug-likeness (QED) is 0.641. The highest BCUT2D eigenvalue weighted by Gasteiger charge is 2.19. The van der Waals surface area contributed by atoms with Crippen molar-refractivity contribution in [1.29, 1.82) is 0 Å². The summed E-state index contributed by atoms with van der Waals surface area (Å²) in [6, 6.07) is -0.748. The molecule has 0 aromatic rings. The molecule has 0 bridgehead atoms. The van der Waals surface area contributed by atoms with Crippen molar-refractivity contribution in [3.05, 3.63) is 36.7 Å². The van der Waals surface area contributed by atoms with Gasteiger partial charge in [-0.15, -0.1) is 0 Å². The monoisotopic (exact) mass is 176 g/mol. The first-order valence-corrected chi connectivity index (χ1v) is 3.89. The number of allylic oxidation sites excluding steroid dienone is 2. The molecule has 0 saturated heterocycles. The van der Waals surface area contributed by atoms with Crippen molar-refractivity contribution in [2.24, 2.45) is 4.99 Å². The van der Waals surface area contributed by atoms with Crippen LogP contribution in [0.25, 0.3) is 0 Å². The smallest absolute Gasteiger partial charge is 0.332 e. The van der Waals surface area contributed by atoms with Crippen LogP contribution in [-0.4, -0.2) is 27.9 Å². The van der Waals surface area contributed by atoms with E-state index in [1.165, 1.54) is 0 Å². The van der Waals surface area contributed by atoms with E-state index in [-0.39, 0.29) is 0 Å². The lowest BCUT2D eigenvalue weighted by atomic mass is 10.2. The summed E-state index contributed by atoms with van der Waals surface area (Å²) >= 11 is 0. The van der Waals surface area contributed by atoms with Crippen molar-refractivity contribution < 1.29 is 9.90 Å². The molecule has 2 heterocycles. The van der Waals surface area contributed by atoms with Crippen LogP contribution in [0.2, 0.25) is 0 Å². The summed E-state index contributed by atoms with van der Waals surface area (Å²) in [7, 11) is 0. The summed E-state index contributed by atoms with van der Waals surface area (Å²) in [6.45, 7) is 0. The SMILES string of the molecule is O=C(O)C1C=CN2C=CC=CC2=N1. The summed E-state index contributed by atoms with van der Waals surface area (Å²) < 4.78 is 0. The fraction of sp³-hybridized carbons (Fsp3) is 0.111. The van der Waals surface area contributed by atoms with Crippen LogP contribution in [0.5, 0.6) is 0 Å². The second-order valence-corrected chi connectivity index (χ2v) is 2.72. The number of carboxylic acids is 1. The Morgan fingerprint density at radius 2 is 2.31 bits per heavy atom. The summed E-state index contributed by atoms with van der Waals surface area (Å²) in [5.74, 6) is -0.260. The van der Waals surface area contributed by atoms with E-state index in [0.717, 1.165) is 0 Å². The number of nitrogens with zero attached hydrogens (tertiary/aromatic N) is 2. The fourth-order valence-electron chi connectivity index (χ4n) is 1.18. The Balaban J connectivity index is 2.27. The number of amidine groups is 1. The third kappa shape index (κ3) is 1.38. The molecule has 0 radical (unpaired) electrons. The Morgan fingerprint density at radius 1 is 1.46 bits per heavy atom. The Labute approximate surface area is 75.2 Å². The Bertz CT molecular complexity index is 353. The van der Waals surface area contributed by atoms with Crippen LogP contribution < -0.4 is 0 Å². The first-order chi connectivity index (χ1) is 6.27. The van der Waals surface area contributed by atoms with E-state index in [1.807, 2.05) is 18.4 Å². The van der Waals surface area contributed by atoms with Gasteiger partial charge in [0.1, 0.15) is 5.84 Å². The van der Waals surface area contributed by atoms with E-state index in [2.05, 4.69) is 4.99 Å². The largest absolute Gasteiger partial charge is 0.479 e. The molecule has 0 aromatic carbocycles. The third-order valence-corrected chi connectivity index (χ3v) is 1.82. The lowest BCUT2D eigenvalue weighted by Crippen LogP contribution is -2.29. The summed E-state index contributed by atoms with van der Waals surface area (Å²) in [6.07, 6.45) is 10.6. The number of aliphatic carboxylic acids is 1. The number of carbonyl (C=O) groups is 1. The molecule has 0 fully saturated rings. The molecule has 13 heavy (non-hydrogen) atoms. The molecule has 4 nitrogen and oxygen atoms in total.